The standard InChI is InChI=1S/C8H8N6O2/c15-8(16)5-3-13(4-5)7-2-9-1-6-10-11-12-14(6)7/h1-2,5H,3-4H2,(H,15,16). The summed E-state index contributed by atoms with van der Waals surface area (Å²) in [6.07, 6.45) is 3.18. The molecule has 8 nitrogen and oxygen atoms in total. The molecule has 0 amide bonds. The lowest BCUT2D eigenvalue weighted by Gasteiger charge is -2.37. The first-order valence-corrected chi connectivity index (χ1v) is 4.75. The summed E-state index contributed by atoms with van der Waals surface area (Å²) in [6, 6.07) is 0. The van der Waals surface area contributed by atoms with Gasteiger partial charge in [-0.2, -0.15) is 4.52 Å². The predicted molar refractivity (Wildman–Crippen MR) is 51.9 cm³/mol. The van der Waals surface area contributed by atoms with E-state index in [1.165, 1.54) is 0 Å². The molecule has 0 radical (unpaired) electrons. The van der Waals surface area contributed by atoms with Crippen LogP contribution in [-0.4, -0.2) is 49.2 Å². The van der Waals surface area contributed by atoms with Crippen molar-refractivity contribution < 1.29 is 9.90 Å². The number of aliphatic carboxylic acids is 1. The van der Waals surface area contributed by atoms with Gasteiger partial charge in [0.15, 0.2) is 11.5 Å². The van der Waals surface area contributed by atoms with Crippen molar-refractivity contribution in [1.29, 1.82) is 0 Å². The van der Waals surface area contributed by atoms with Gasteiger partial charge in [0.1, 0.15) is 0 Å². The number of hydrogen-bond acceptors (Lipinski definition) is 6. The Kier molecular flexibility index (Phi) is 1.76. The minimum Gasteiger partial charge on any atom is -0.481 e. The Morgan fingerprint density at radius 2 is 2.25 bits per heavy atom. The van der Waals surface area contributed by atoms with Crippen molar-refractivity contribution in [3.63, 3.8) is 0 Å². The molecule has 1 aliphatic rings. The third kappa shape index (κ3) is 1.19. The summed E-state index contributed by atoms with van der Waals surface area (Å²) < 4.78 is 1.55. The molecular weight excluding hydrogens is 212 g/mol. The summed E-state index contributed by atoms with van der Waals surface area (Å²) in [6.45, 7) is 0.936. The lowest BCUT2D eigenvalue weighted by Crippen LogP contribution is -2.51. The van der Waals surface area contributed by atoms with E-state index in [9.17, 15) is 4.79 Å². The fourth-order valence-electron chi connectivity index (χ4n) is 1.70. The molecule has 82 valence electrons. The van der Waals surface area contributed by atoms with Crippen LogP contribution in [0.2, 0.25) is 0 Å². The van der Waals surface area contributed by atoms with Gasteiger partial charge in [-0.1, -0.05) is 0 Å². The van der Waals surface area contributed by atoms with E-state index < -0.39 is 5.97 Å². The molecule has 8 heteroatoms. The van der Waals surface area contributed by atoms with Crippen molar-refractivity contribution in [3.8, 4) is 0 Å². The molecular formula is C8H8N6O2. The van der Waals surface area contributed by atoms with Crippen molar-refractivity contribution in [3.05, 3.63) is 12.4 Å². The molecule has 1 aliphatic heterocycles. The minimum atomic E-state index is -0.770. The van der Waals surface area contributed by atoms with Crippen molar-refractivity contribution in [2.24, 2.45) is 5.92 Å². The van der Waals surface area contributed by atoms with Crippen LogP contribution >= 0.6 is 0 Å². The molecule has 1 N–H and O–H groups in total. The fraction of sp³-hybridized carbons (Fsp3) is 0.375. The van der Waals surface area contributed by atoms with Gasteiger partial charge in [-0.3, -0.25) is 9.78 Å². The van der Waals surface area contributed by atoms with E-state index in [4.69, 9.17) is 5.11 Å². The maximum absolute atomic E-state index is 10.7. The Bertz CT molecular complexity index is 546. The molecule has 3 rings (SSSR count). The molecule has 0 unspecified atom stereocenters. The molecule has 0 aliphatic carbocycles. The first-order chi connectivity index (χ1) is 7.75. The fourth-order valence-corrected chi connectivity index (χ4v) is 1.70. The second-order valence-corrected chi connectivity index (χ2v) is 3.65. The summed E-state index contributed by atoms with van der Waals surface area (Å²) in [5.74, 6) is -0.361. The molecule has 0 saturated carbocycles. The number of hydrogen-bond donors (Lipinski definition) is 1. The summed E-state index contributed by atoms with van der Waals surface area (Å²) >= 11 is 0. The Balaban J connectivity index is 1.91. The summed E-state index contributed by atoms with van der Waals surface area (Å²) in [5, 5.41) is 19.9. The minimum absolute atomic E-state index is 0.313. The van der Waals surface area contributed by atoms with Crippen LogP contribution in [-0.2, 0) is 4.79 Å². The highest BCUT2D eigenvalue weighted by Gasteiger charge is 2.34. The average Bonchev–Trinajstić information content (AvgIpc) is 2.63. The van der Waals surface area contributed by atoms with E-state index in [1.54, 1.807) is 16.9 Å². The van der Waals surface area contributed by atoms with Crippen LogP contribution in [0, 0.1) is 5.92 Å². The highest BCUT2D eigenvalue weighted by molar-refractivity contribution is 5.74. The van der Waals surface area contributed by atoms with Crippen molar-refractivity contribution in [1.82, 2.24) is 25.0 Å². The number of tetrazole rings is 1. The lowest BCUT2D eigenvalue weighted by atomic mass is 10.0. The van der Waals surface area contributed by atoms with Gasteiger partial charge in [0.2, 0.25) is 0 Å². The number of nitrogens with zero attached hydrogens (tertiary/aromatic N) is 6. The maximum Gasteiger partial charge on any atom is 0.310 e. The lowest BCUT2D eigenvalue weighted by molar-refractivity contribution is -0.142. The van der Waals surface area contributed by atoms with E-state index in [0.29, 0.717) is 18.7 Å². The van der Waals surface area contributed by atoms with Crippen LogP contribution in [0.1, 0.15) is 0 Å². The first kappa shape index (κ1) is 9.01. The van der Waals surface area contributed by atoms with Gasteiger partial charge in [0.05, 0.1) is 18.3 Å². The van der Waals surface area contributed by atoms with Crippen LogP contribution in [0.25, 0.3) is 5.65 Å². The van der Waals surface area contributed by atoms with Crippen molar-refractivity contribution in [2.45, 2.75) is 0 Å². The van der Waals surface area contributed by atoms with Crippen LogP contribution in [0.3, 0.4) is 0 Å². The number of rotatable bonds is 2. The zero-order valence-corrected chi connectivity index (χ0v) is 8.19. The first-order valence-electron chi connectivity index (χ1n) is 4.75. The number of carbonyl (C=O) groups is 1. The molecule has 2 aromatic heterocycles. The second kappa shape index (κ2) is 3.12. The van der Waals surface area contributed by atoms with E-state index in [-0.39, 0.29) is 5.92 Å². The van der Waals surface area contributed by atoms with E-state index in [2.05, 4.69) is 20.5 Å². The normalized spacial score (nSPS) is 16.4. The molecule has 0 aromatic carbocycles. The zero-order chi connectivity index (χ0) is 11.1. The van der Waals surface area contributed by atoms with Gasteiger partial charge < -0.3 is 10.0 Å². The van der Waals surface area contributed by atoms with Crippen LogP contribution < -0.4 is 4.90 Å². The Morgan fingerprint density at radius 3 is 3.00 bits per heavy atom. The SMILES string of the molecule is O=C(O)C1CN(c2cncc3nnnn23)C1. The average molecular weight is 220 g/mol. The third-order valence-corrected chi connectivity index (χ3v) is 2.65. The van der Waals surface area contributed by atoms with Gasteiger partial charge in [0.25, 0.3) is 0 Å². The highest BCUT2D eigenvalue weighted by Crippen LogP contribution is 2.23. The van der Waals surface area contributed by atoms with Gasteiger partial charge in [-0.25, -0.2) is 0 Å². The molecule has 3 heterocycles. The summed E-state index contributed by atoms with van der Waals surface area (Å²) in [7, 11) is 0. The number of fused-ring (bicyclic) bond motifs is 1. The molecule has 0 atom stereocenters. The number of carboxylic acids is 1. The number of aromatic nitrogens is 5. The van der Waals surface area contributed by atoms with Crippen LogP contribution in [0.4, 0.5) is 5.82 Å². The maximum atomic E-state index is 10.7. The molecule has 1 fully saturated rings. The number of carboxylic acid groups (broad SMARTS) is 1. The summed E-state index contributed by atoms with van der Waals surface area (Å²) in [4.78, 5) is 16.6. The second-order valence-electron chi connectivity index (χ2n) is 3.65. The molecule has 16 heavy (non-hydrogen) atoms. The number of anilines is 1. The topological polar surface area (TPSA) is 96.5 Å². The van der Waals surface area contributed by atoms with Crippen molar-refractivity contribution in [2.75, 3.05) is 18.0 Å². The molecule has 1 saturated heterocycles. The quantitative estimate of drug-likeness (QED) is 0.696. The predicted octanol–water partition coefficient (Wildman–Crippen LogP) is -0.960. The molecule has 2 aromatic rings. The molecule has 0 bridgehead atoms. The smallest absolute Gasteiger partial charge is 0.310 e. The van der Waals surface area contributed by atoms with Gasteiger partial charge in [-0.15, -0.1) is 5.10 Å². The van der Waals surface area contributed by atoms with E-state index in [1.807, 2.05) is 4.90 Å². The molecule has 0 spiro atoms. The largest absolute Gasteiger partial charge is 0.481 e. The van der Waals surface area contributed by atoms with Gasteiger partial charge in [-0.05, 0) is 10.4 Å². The summed E-state index contributed by atoms with van der Waals surface area (Å²) in [5.41, 5.74) is 0.552. The van der Waals surface area contributed by atoms with Crippen LogP contribution in [0.5, 0.6) is 0 Å². The van der Waals surface area contributed by atoms with Gasteiger partial charge in [0, 0.05) is 13.1 Å². The van der Waals surface area contributed by atoms with E-state index in [0.717, 1.165) is 5.82 Å². The monoisotopic (exact) mass is 220 g/mol. The Labute approximate surface area is 89.5 Å². The van der Waals surface area contributed by atoms with E-state index >= 15 is 0 Å². The van der Waals surface area contributed by atoms with Crippen LogP contribution in [0.15, 0.2) is 12.4 Å². The van der Waals surface area contributed by atoms with Crippen molar-refractivity contribution >= 4 is 17.4 Å². The third-order valence-electron chi connectivity index (χ3n) is 2.65. The highest BCUT2D eigenvalue weighted by atomic mass is 16.4. The van der Waals surface area contributed by atoms with Gasteiger partial charge >= 0.3 is 5.97 Å². The zero-order valence-electron chi connectivity index (χ0n) is 8.19. The Morgan fingerprint density at radius 1 is 1.44 bits per heavy atom. The Hall–Kier alpha value is -2.25.